The van der Waals surface area contributed by atoms with E-state index in [0.717, 1.165) is 17.5 Å². The minimum atomic E-state index is -1.81. The van der Waals surface area contributed by atoms with Crippen molar-refractivity contribution >= 4 is 47.0 Å². The number of H-pyrrole nitrogens is 1. The van der Waals surface area contributed by atoms with Crippen LogP contribution in [0.5, 0.6) is 0 Å². The Morgan fingerprint density at radius 3 is 2.52 bits per heavy atom. The van der Waals surface area contributed by atoms with E-state index in [1.54, 1.807) is 43.3 Å². The van der Waals surface area contributed by atoms with Gasteiger partial charge in [-0.25, -0.2) is 4.98 Å². The highest BCUT2D eigenvalue weighted by atomic mass is 16.5. The Balaban J connectivity index is 1.44. The summed E-state index contributed by atoms with van der Waals surface area (Å²) in [6, 6.07) is 10.9. The van der Waals surface area contributed by atoms with Crippen molar-refractivity contribution < 1.29 is 29.4 Å². The fraction of sp³-hybridized carbons (Fsp3) is 0.400. The average Bonchev–Trinajstić information content (AvgIpc) is 3.01. The number of amides is 3. The first-order valence-electron chi connectivity index (χ1n) is 14.3. The number of aromatic amines is 1. The molecule has 14 heteroatoms. The summed E-state index contributed by atoms with van der Waals surface area (Å²) in [6.45, 7) is 2.95. The number of hydrogen-bond acceptors (Lipinski definition) is 10. The van der Waals surface area contributed by atoms with E-state index in [1.165, 1.54) is 4.90 Å². The van der Waals surface area contributed by atoms with Gasteiger partial charge in [0, 0.05) is 49.8 Å². The van der Waals surface area contributed by atoms with Crippen LogP contribution in [0.4, 0.5) is 11.6 Å². The van der Waals surface area contributed by atoms with E-state index in [2.05, 4.69) is 25.9 Å². The lowest BCUT2D eigenvalue weighted by atomic mass is 10.1. The molecule has 0 aliphatic carbocycles. The number of hydrogen-bond donors (Lipinski definition) is 7. The molecule has 236 valence electrons. The minimum Gasteiger partial charge on any atom is -0.381 e. The first kappa shape index (κ1) is 33.7. The zero-order valence-electron chi connectivity index (χ0n) is 24.5. The van der Waals surface area contributed by atoms with Crippen molar-refractivity contribution in [2.24, 2.45) is 5.92 Å². The first-order valence-corrected chi connectivity index (χ1v) is 14.3. The van der Waals surface area contributed by atoms with Gasteiger partial charge in [0.25, 0.3) is 11.5 Å². The lowest BCUT2D eigenvalue weighted by Crippen LogP contribution is -2.44. The van der Waals surface area contributed by atoms with Crippen LogP contribution in [-0.2, 0) is 20.9 Å². The summed E-state index contributed by atoms with van der Waals surface area (Å²) in [5.41, 5.74) is 7.64. The number of aromatic nitrogens is 2. The monoisotopic (exact) mass is 609 g/mol. The van der Waals surface area contributed by atoms with Gasteiger partial charge in [0.05, 0.1) is 16.9 Å². The van der Waals surface area contributed by atoms with Gasteiger partial charge in [0.15, 0.2) is 6.29 Å². The molecule has 1 aromatic heterocycles. The standard InChI is InChI=1S/C30H39N7O7/c1-19(17-38)4-11-26(40)32-12-14-37(18-39)13-2-3-25(29(43)44)34-27(41)21-6-8-22(9-7-21)33-16-20-5-10-24-23(15-20)28(42)36-30(31)35-24/h5-10,15,17-19,25,29,33,43-44H,2-4,11-14,16H2,1H3,(H,32,40)(H,34,41)(H3,31,35,36,42). The lowest BCUT2D eigenvalue weighted by Gasteiger charge is -2.23. The van der Waals surface area contributed by atoms with Gasteiger partial charge < -0.3 is 41.6 Å². The molecular weight excluding hydrogens is 570 g/mol. The summed E-state index contributed by atoms with van der Waals surface area (Å²) in [7, 11) is 0. The highest BCUT2D eigenvalue weighted by Gasteiger charge is 2.20. The van der Waals surface area contributed by atoms with Crippen LogP contribution in [0.1, 0.15) is 48.5 Å². The number of nitrogen functional groups attached to an aromatic ring is 1. The van der Waals surface area contributed by atoms with Crippen molar-refractivity contribution in [1.29, 1.82) is 0 Å². The molecule has 2 unspecified atom stereocenters. The van der Waals surface area contributed by atoms with Crippen LogP contribution in [-0.4, -0.2) is 81.6 Å². The van der Waals surface area contributed by atoms with Crippen molar-refractivity contribution in [1.82, 2.24) is 25.5 Å². The molecule has 8 N–H and O–H groups in total. The number of aliphatic hydroxyl groups is 2. The van der Waals surface area contributed by atoms with Crippen LogP contribution in [0.25, 0.3) is 10.9 Å². The fourth-order valence-corrected chi connectivity index (χ4v) is 4.39. The molecule has 0 saturated heterocycles. The van der Waals surface area contributed by atoms with E-state index < -0.39 is 18.2 Å². The Hall–Kier alpha value is -4.82. The van der Waals surface area contributed by atoms with Gasteiger partial charge in [0.1, 0.15) is 6.29 Å². The van der Waals surface area contributed by atoms with E-state index in [-0.39, 0.29) is 55.8 Å². The second-order valence-electron chi connectivity index (χ2n) is 10.5. The van der Waals surface area contributed by atoms with Crippen molar-refractivity contribution in [3.63, 3.8) is 0 Å². The number of aliphatic hydroxyl groups excluding tert-OH is 1. The third kappa shape index (κ3) is 10.5. The van der Waals surface area contributed by atoms with Gasteiger partial charge in [-0.1, -0.05) is 13.0 Å². The smallest absolute Gasteiger partial charge is 0.260 e. The second-order valence-corrected chi connectivity index (χ2v) is 10.5. The van der Waals surface area contributed by atoms with Gasteiger partial charge in [-0.3, -0.25) is 24.2 Å². The largest absolute Gasteiger partial charge is 0.381 e. The normalized spacial score (nSPS) is 12.4. The number of nitrogens with one attached hydrogen (secondary N) is 4. The molecule has 0 aliphatic rings. The molecule has 3 amide bonds. The Kier molecular flexibility index (Phi) is 12.8. The number of fused-ring (bicyclic) bond motifs is 1. The number of benzene rings is 2. The number of nitrogens with two attached hydrogens (primary N) is 1. The number of carbonyl (C=O) groups excluding carboxylic acids is 4. The first-order chi connectivity index (χ1) is 21.1. The van der Waals surface area contributed by atoms with Gasteiger partial charge in [-0.2, -0.15) is 0 Å². The van der Waals surface area contributed by atoms with Crippen molar-refractivity contribution in [3.05, 3.63) is 63.9 Å². The molecule has 0 spiro atoms. The molecule has 0 fully saturated rings. The topological polar surface area (TPSA) is 220 Å². The van der Waals surface area contributed by atoms with Crippen LogP contribution in [0.15, 0.2) is 47.3 Å². The Bertz CT molecular complexity index is 1480. The minimum absolute atomic E-state index is 0.0514. The predicted molar refractivity (Wildman–Crippen MR) is 164 cm³/mol. The maximum Gasteiger partial charge on any atom is 0.260 e. The van der Waals surface area contributed by atoms with Crippen LogP contribution in [0.2, 0.25) is 0 Å². The molecule has 1 heterocycles. The molecule has 2 aromatic carbocycles. The van der Waals surface area contributed by atoms with Crippen LogP contribution in [0, 0.1) is 5.92 Å². The molecule has 0 saturated carbocycles. The fourth-order valence-electron chi connectivity index (χ4n) is 4.39. The van der Waals surface area contributed by atoms with Gasteiger partial charge in [-0.15, -0.1) is 0 Å². The molecule has 2 atom stereocenters. The number of rotatable bonds is 18. The summed E-state index contributed by atoms with van der Waals surface area (Å²) in [6.07, 6.45) is 0.879. The Labute approximate surface area is 254 Å². The number of carbonyl (C=O) groups is 4. The zero-order valence-corrected chi connectivity index (χ0v) is 24.5. The number of aldehydes is 1. The lowest BCUT2D eigenvalue weighted by molar-refractivity contribution is -0.123. The Morgan fingerprint density at radius 1 is 1.09 bits per heavy atom. The molecule has 3 aromatic rings. The van der Waals surface area contributed by atoms with E-state index in [4.69, 9.17) is 5.73 Å². The van der Waals surface area contributed by atoms with Crippen LogP contribution >= 0.6 is 0 Å². The van der Waals surface area contributed by atoms with Crippen molar-refractivity contribution in [3.8, 4) is 0 Å². The molecule has 3 rings (SSSR count). The number of anilines is 2. The van der Waals surface area contributed by atoms with Gasteiger partial charge in [-0.05, 0) is 61.2 Å². The third-order valence-electron chi connectivity index (χ3n) is 7.00. The summed E-state index contributed by atoms with van der Waals surface area (Å²) in [5.74, 6) is -0.837. The molecule has 14 nitrogen and oxygen atoms in total. The van der Waals surface area contributed by atoms with E-state index in [1.807, 2.05) is 6.07 Å². The van der Waals surface area contributed by atoms with E-state index in [0.29, 0.717) is 42.3 Å². The van der Waals surface area contributed by atoms with Gasteiger partial charge in [0.2, 0.25) is 18.3 Å². The summed E-state index contributed by atoms with van der Waals surface area (Å²) >= 11 is 0. The summed E-state index contributed by atoms with van der Waals surface area (Å²) < 4.78 is 0. The van der Waals surface area contributed by atoms with Gasteiger partial charge >= 0.3 is 0 Å². The quantitative estimate of drug-likeness (QED) is 0.0782. The molecule has 0 radical (unpaired) electrons. The molecular formula is C30H39N7O7. The maximum absolute atomic E-state index is 12.8. The van der Waals surface area contributed by atoms with E-state index in [9.17, 15) is 34.2 Å². The summed E-state index contributed by atoms with van der Waals surface area (Å²) in [5, 5.41) is 28.6. The van der Waals surface area contributed by atoms with E-state index >= 15 is 0 Å². The third-order valence-corrected chi connectivity index (χ3v) is 7.00. The predicted octanol–water partition coefficient (Wildman–Crippen LogP) is 0.497. The Morgan fingerprint density at radius 2 is 1.84 bits per heavy atom. The molecule has 44 heavy (non-hydrogen) atoms. The van der Waals surface area contributed by atoms with Crippen LogP contribution < -0.4 is 27.2 Å². The zero-order chi connectivity index (χ0) is 32.1. The highest BCUT2D eigenvalue weighted by molar-refractivity contribution is 5.94. The van der Waals surface area contributed by atoms with Crippen LogP contribution in [0.3, 0.4) is 0 Å². The van der Waals surface area contributed by atoms with Crippen molar-refractivity contribution in [2.75, 3.05) is 30.7 Å². The average molecular weight is 610 g/mol. The second kappa shape index (κ2) is 16.7. The number of nitrogens with zero attached hydrogens (tertiary/aromatic N) is 2. The SMILES string of the molecule is CC(C=O)CCC(=O)NCCN(C=O)CCCC(NC(=O)c1ccc(NCc2ccc3nc(N)[nH]c(=O)c3c2)cc1)C(O)O. The molecule has 0 aliphatic heterocycles. The van der Waals surface area contributed by atoms with Crippen molar-refractivity contribution in [2.45, 2.75) is 51.5 Å². The highest BCUT2D eigenvalue weighted by Crippen LogP contribution is 2.15. The maximum atomic E-state index is 12.8. The summed E-state index contributed by atoms with van der Waals surface area (Å²) in [4.78, 5) is 66.9. The molecule has 0 bridgehead atoms.